The van der Waals surface area contributed by atoms with E-state index in [0.717, 1.165) is 18.4 Å². The maximum atomic E-state index is 9.39. The second kappa shape index (κ2) is 18.9. The third kappa shape index (κ3) is 12.9. The van der Waals surface area contributed by atoms with Gasteiger partial charge in [0.2, 0.25) is 0 Å². The molecule has 0 saturated heterocycles. The normalized spacial score (nSPS) is 22.7. The lowest BCUT2D eigenvalue weighted by Crippen LogP contribution is -2.30. The zero-order chi connectivity index (χ0) is 34.3. The molecule has 1 unspecified atom stereocenters. The molecule has 0 aliphatic heterocycles. The molecule has 2 rings (SSSR count). The first-order chi connectivity index (χ1) is 21.7. The van der Waals surface area contributed by atoms with E-state index in [-0.39, 0.29) is 17.4 Å². The molecule has 46 heavy (non-hydrogen) atoms. The van der Waals surface area contributed by atoms with Crippen LogP contribution in [-0.4, -0.2) is 11.7 Å². The van der Waals surface area contributed by atoms with E-state index in [9.17, 15) is 5.11 Å². The summed E-state index contributed by atoms with van der Waals surface area (Å²) in [7, 11) is 0. The van der Waals surface area contributed by atoms with Gasteiger partial charge in [-0.05, 0) is 115 Å². The summed E-state index contributed by atoms with van der Waals surface area (Å²) >= 11 is 0. The first kappa shape index (κ1) is 39.0. The highest BCUT2D eigenvalue weighted by atomic mass is 16.3. The average Bonchev–Trinajstić information content (AvgIpc) is 2.97. The van der Waals surface area contributed by atoms with E-state index < -0.39 is 0 Å². The molecule has 250 valence electrons. The summed E-state index contributed by atoms with van der Waals surface area (Å²) in [5.74, 6) is 0.590. The Morgan fingerprint density at radius 3 is 1.67 bits per heavy atom. The van der Waals surface area contributed by atoms with Crippen molar-refractivity contribution in [3.05, 3.63) is 141 Å². The number of hydrogen-bond acceptors (Lipinski definition) is 1. The van der Waals surface area contributed by atoms with Crippen molar-refractivity contribution in [3.8, 4) is 0 Å². The molecular weight excluding hydrogens is 556 g/mol. The van der Waals surface area contributed by atoms with Crippen molar-refractivity contribution in [1.29, 1.82) is 0 Å². The van der Waals surface area contributed by atoms with Crippen LogP contribution in [-0.2, 0) is 0 Å². The lowest BCUT2D eigenvalue weighted by atomic mass is 9.64. The Hall–Kier alpha value is -3.16. The average molecular weight is 621 g/mol. The fourth-order valence-electron chi connectivity index (χ4n) is 6.61. The van der Waals surface area contributed by atoms with Gasteiger partial charge in [-0.15, -0.1) is 0 Å². The van der Waals surface area contributed by atoms with Crippen LogP contribution in [0, 0.1) is 16.7 Å². The third-order valence-corrected chi connectivity index (χ3v) is 9.88. The van der Waals surface area contributed by atoms with Crippen LogP contribution in [0.5, 0.6) is 0 Å². The van der Waals surface area contributed by atoms with Gasteiger partial charge in [-0.3, -0.25) is 0 Å². The summed E-state index contributed by atoms with van der Waals surface area (Å²) in [5, 5.41) is 9.39. The van der Waals surface area contributed by atoms with E-state index in [4.69, 9.17) is 0 Å². The summed E-state index contributed by atoms with van der Waals surface area (Å²) in [6.45, 7) is 24.9. The maximum absolute atomic E-state index is 9.39. The monoisotopic (exact) mass is 620 g/mol. The molecule has 0 fully saturated rings. The molecule has 1 N–H and O–H groups in total. The fourth-order valence-corrected chi connectivity index (χ4v) is 6.61. The van der Waals surface area contributed by atoms with Crippen molar-refractivity contribution in [1.82, 2.24) is 0 Å². The first-order valence-corrected chi connectivity index (χ1v) is 17.4. The fraction of sp³-hybridized carbons (Fsp3) is 0.467. The molecule has 1 atom stereocenters. The van der Waals surface area contributed by atoms with Gasteiger partial charge in [0.25, 0.3) is 0 Å². The Balaban J connectivity index is 1.93. The highest BCUT2D eigenvalue weighted by molar-refractivity contribution is 5.39. The topological polar surface area (TPSA) is 20.2 Å². The summed E-state index contributed by atoms with van der Waals surface area (Å²) < 4.78 is 0. The van der Waals surface area contributed by atoms with Gasteiger partial charge in [-0.25, -0.2) is 0 Å². The Kier molecular flexibility index (Phi) is 16.0. The lowest BCUT2D eigenvalue weighted by molar-refractivity contribution is 0.235. The minimum Gasteiger partial charge on any atom is -0.392 e. The zero-order valence-corrected chi connectivity index (χ0v) is 31.1. The first-order valence-electron chi connectivity index (χ1n) is 17.4. The second-order valence-corrected chi connectivity index (χ2v) is 14.9. The summed E-state index contributed by atoms with van der Waals surface area (Å²) in [5.41, 5.74) is 12.4. The Labute approximate surface area is 283 Å². The predicted molar refractivity (Wildman–Crippen MR) is 206 cm³/mol. The minimum atomic E-state index is 0.117. The molecule has 0 spiro atoms. The molecule has 2 aliphatic carbocycles. The van der Waals surface area contributed by atoms with Gasteiger partial charge in [-0.1, -0.05) is 158 Å². The number of hydrogen-bond donors (Lipinski definition) is 1. The smallest absolute Gasteiger partial charge is 0.0639 e. The highest BCUT2D eigenvalue weighted by Gasteiger charge is 2.35. The highest BCUT2D eigenvalue weighted by Crippen LogP contribution is 2.47. The van der Waals surface area contributed by atoms with Crippen molar-refractivity contribution in [2.45, 2.75) is 115 Å². The predicted octanol–water partition coefficient (Wildman–Crippen LogP) is 13.2. The number of aliphatic hydroxyl groups excluding tert-OH is 1. The molecule has 0 saturated carbocycles. The van der Waals surface area contributed by atoms with Crippen LogP contribution < -0.4 is 0 Å². The molecule has 0 aromatic rings. The van der Waals surface area contributed by atoms with Crippen LogP contribution in [0.3, 0.4) is 0 Å². The van der Waals surface area contributed by atoms with Crippen LogP contribution >= 0.6 is 0 Å². The van der Waals surface area contributed by atoms with Crippen molar-refractivity contribution < 1.29 is 5.11 Å². The molecule has 2 aliphatic rings. The number of rotatable bonds is 13. The van der Waals surface area contributed by atoms with E-state index in [1.807, 2.05) is 6.92 Å². The Bertz CT molecular complexity index is 1410. The van der Waals surface area contributed by atoms with E-state index in [0.29, 0.717) is 5.92 Å². The van der Waals surface area contributed by atoms with E-state index in [1.165, 1.54) is 64.7 Å². The van der Waals surface area contributed by atoms with Crippen molar-refractivity contribution >= 4 is 0 Å². The molecule has 0 aromatic heterocycles. The van der Waals surface area contributed by atoms with Gasteiger partial charge < -0.3 is 5.11 Å². The summed E-state index contributed by atoms with van der Waals surface area (Å²) in [6, 6.07) is 0. The largest absolute Gasteiger partial charge is 0.392 e. The van der Waals surface area contributed by atoms with Crippen LogP contribution in [0.15, 0.2) is 141 Å². The molecule has 1 nitrogen and oxygen atoms in total. The van der Waals surface area contributed by atoms with Crippen LogP contribution in [0.4, 0.5) is 0 Å². The standard InChI is InChI=1S/C45H64O/c1-34(19-14-21-36(3)25-30-42-39(6)23-16-32-44(42,8)9)17-12-13-18-35(2)20-15-22-37(4)26-31-43-40(7)27-29-41(45(43,10)11)28-24-38(5)33-46/h12-15,17-22,24-26,30-31,41,46H,16,23,27-29,32-33H2,1-11H3/b13-12+,19-14+,20-15+,30-25+,31-26+,34-17+,35-18+,36-21+,37-22+,38-24?. The van der Waals surface area contributed by atoms with Gasteiger partial charge in [0.05, 0.1) is 6.61 Å². The van der Waals surface area contributed by atoms with E-state index >= 15 is 0 Å². The molecule has 0 bridgehead atoms. The molecule has 0 heterocycles. The summed E-state index contributed by atoms with van der Waals surface area (Å²) in [4.78, 5) is 0. The SMILES string of the molecule is CC(=CCC1CCC(C)=C(/C=C/C(C)=C/C=C/C(C)=C/C=C/C=C(C)/C=C/C=C(C)/C=C/C2=C(C)CCCC2(C)C)C1(C)C)CO. The zero-order valence-electron chi connectivity index (χ0n) is 31.1. The van der Waals surface area contributed by atoms with Gasteiger partial charge in [-0.2, -0.15) is 0 Å². The number of allylic oxidation sites excluding steroid dienone is 23. The molecular formula is C45H64O. The van der Waals surface area contributed by atoms with Crippen LogP contribution in [0.1, 0.15) is 115 Å². The quantitative estimate of drug-likeness (QED) is 0.160. The number of aliphatic hydroxyl groups is 1. The van der Waals surface area contributed by atoms with Crippen LogP contribution in [0.25, 0.3) is 0 Å². The van der Waals surface area contributed by atoms with Crippen LogP contribution in [0.2, 0.25) is 0 Å². The van der Waals surface area contributed by atoms with Crippen molar-refractivity contribution in [3.63, 3.8) is 0 Å². The Morgan fingerprint density at radius 1 is 0.674 bits per heavy atom. The molecule has 0 amide bonds. The van der Waals surface area contributed by atoms with Crippen molar-refractivity contribution in [2.75, 3.05) is 6.61 Å². The van der Waals surface area contributed by atoms with E-state index in [1.54, 1.807) is 5.57 Å². The molecule has 1 heteroatoms. The Morgan fingerprint density at radius 2 is 1.15 bits per heavy atom. The maximum Gasteiger partial charge on any atom is 0.0639 e. The van der Waals surface area contributed by atoms with Gasteiger partial charge >= 0.3 is 0 Å². The van der Waals surface area contributed by atoms with Gasteiger partial charge in [0, 0.05) is 0 Å². The molecule has 0 radical (unpaired) electrons. The van der Waals surface area contributed by atoms with Crippen molar-refractivity contribution in [2.24, 2.45) is 16.7 Å². The van der Waals surface area contributed by atoms with Gasteiger partial charge in [0.15, 0.2) is 0 Å². The van der Waals surface area contributed by atoms with Gasteiger partial charge in [0.1, 0.15) is 0 Å². The summed E-state index contributed by atoms with van der Waals surface area (Å²) in [6.07, 6.45) is 40.1. The second-order valence-electron chi connectivity index (χ2n) is 14.9. The van der Waals surface area contributed by atoms with E-state index in [2.05, 4.69) is 160 Å². The molecule has 0 aromatic carbocycles. The third-order valence-electron chi connectivity index (χ3n) is 9.88. The minimum absolute atomic E-state index is 0.117. The lowest BCUT2D eigenvalue weighted by Gasteiger charge is -2.41.